The fourth-order valence-corrected chi connectivity index (χ4v) is 3.78. The van der Waals surface area contributed by atoms with E-state index in [1.54, 1.807) is 0 Å². The van der Waals surface area contributed by atoms with E-state index < -0.39 is 16.1 Å². The Morgan fingerprint density at radius 3 is 2.47 bits per heavy atom. The second-order valence-corrected chi connectivity index (χ2v) is 7.05. The van der Waals surface area contributed by atoms with E-state index in [9.17, 15) is 13.5 Å². The molecule has 0 heterocycles. The Bertz CT molecular complexity index is 481. The predicted molar refractivity (Wildman–Crippen MR) is 75.0 cm³/mol. The van der Waals surface area contributed by atoms with Gasteiger partial charge >= 0.3 is 0 Å². The van der Waals surface area contributed by atoms with Gasteiger partial charge in [0.05, 0.1) is 11.9 Å². The highest BCUT2D eigenvalue weighted by Crippen LogP contribution is 2.28. The molecule has 5 heteroatoms. The molecule has 19 heavy (non-hydrogen) atoms. The van der Waals surface area contributed by atoms with Crippen LogP contribution in [0.15, 0.2) is 30.3 Å². The minimum atomic E-state index is -3.42. The molecular formula is C14H21NO3S. The first-order valence-electron chi connectivity index (χ1n) is 6.76. The fraction of sp³-hybridized carbons (Fsp3) is 0.571. The zero-order valence-corrected chi connectivity index (χ0v) is 11.8. The van der Waals surface area contributed by atoms with Crippen molar-refractivity contribution in [3.63, 3.8) is 0 Å². The van der Waals surface area contributed by atoms with Crippen molar-refractivity contribution in [3.05, 3.63) is 35.9 Å². The molecule has 0 aromatic heterocycles. The summed E-state index contributed by atoms with van der Waals surface area (Å²) < 4.78 is 26.3. The maximum atomic E-state index is 11.9. The van der Waals surface area contributed by atoms with E-state index in [-0.39, 0.29) is 18.2 Å². The summed E-state index contributed by atoms with van der Waals surface area (Å²) in [6, 6.07) is 9.38. The zero-order chi connectivity index (χ0) is 13.7. The molecule has 2 rings (SSSR count). The van der Waals surface area contributed by atoms with Crippen LogP contribution >= 0.6 is 0 Å². The summed E-state index contributed by atoms with van der Waals surface area (Å²) in [7, 11) is -3.42. The van der Waals surface area contributed by atoms with Crippen LogP contribution in [0.1, 0.15) is 31.2 Å². The van der Waals surface area contributed by atoms with Gasteiger partial charge in [-0.3, -0.25) is 0 Å². The number of rotatable bonds is 6. The molecule has 0 bridgehead atoms. The summed E-state index contributed by atoms with van der Waals surface area (Å²) in [4.78, 5) is 0. The van der Waals surface area contributed by atoms with Gasteiger partial charge in [-0.15, -0.1) is 0 Å². The first-order valence-corrected chi connectivity index (χ1v) is 8.41. The van der Waals surface area contributed by atoms with E-state index in [0.717, 1.165) is 31.2 Å². The predicted octanol–water partition coefficient (Wildman–Crippen LogP) is 1.66. The van der Waals surface area contributed by atoms with Gasteiger partial charge in [0.15, 0.2) is 0 Å². The van der Waals surface area contributed by atoms with Crippen LogP contribution < -0.4 is 4.72 Å². The van der Waals surface area contributed by atoms with E-state index in [1.807, 2.05) is 30.3 Å². The van der Waals surface area contributed by atoms with Gasteiger partial charge in [0.25, 0.3) is 0 Å². The van der Waals surface area contributed by atoms with Gasteiger partial charge in [-0.25, -0.2) is 13.1 Å². The van der Waals surface area contributed by atoms with Crippen molar-refractivity contribution in [2.75, 3.05) is 5.75 Å². The largest absolute Gasteiger partial charge is 0.392 e. The average Bonchev–Trinajstić information content (AvgIpc) is 2.91. The smallest absolute Gasteiger partial charge is 0.214 e. The Morgan fingerprint density at radius 1 is 1.21 bits per heavy atom. The Kier molecular flexibility index (Phi) is 4.96. The van der Waals surface area contributed by atoms with Crippen LogP contribution in [0, 0.1) is 5.92 Å². The molecule has 0 radical (unpaired) electrons. The standard InChI is InChI=1S/C14H21NO3S/c16-14(13-8-4-5-9-13)11-19(17,18)15-10-12-6-2-1-3-7-12/h1-3,6-7,13-16H,4-5,8-11H2/t14-/m1/s1. The lowest BCUT2D eigenvalue weighted by Crippen LogP contribution is -2.34. The third-order valence-electron chi connectivity index (χ3n) is 3.67. The summed E-state index contributed by atoms with van der Waals surface area (Å²) in [6.07, 6.45) is 3.33. The van der Waals surface area contributed by atoms with Gasteiger partial charge in [-0.05, 0) is 24.3 Å². The second-order valence-electron chi connectivity index (χ2n) is 5.20. The highest BCUT2D eigenvalue weighted by atomic mass is 32.2. The number of hydrogen-bond acceptors (Lipinski definition) is 3. The van der Waals surface area contributed by atoms with Crippen molar-refractivity contribution in [1.29, 1.82) is 0 Å². The molecule has 0 saturated heterocycles. The molecule has 1 aromatic rings. The van der Waals surface area contributed by atoms with Gasteiger partial charge in [-0.1, -0.05) is 43.2 Å². The van der Waals surface area contributed by atoms with Crippen LogP contribution in [0.3, 0.4) is 0 Å². The summed E-state index contributed by atoms with van der Waals surface area (Å²) in [5.41, 5.74) is 0.918. The molecule has 1 saturated carbocycles. The molecule has 106 valence electrons. The molecular weight excluding hydrogens is 262 g/mol. The van der Waals surface area contributed by atoms with Crippen molar-refractivity contribution in [2.45, 2.75) is 38.3 Å². The Morgan fingerprint density at radius 2 is 1.84 bits per heavy atom. The zero-order valence-electron chi connectivity index (χ0n) is 11.0. The van der Waals surface area contributed by atoms with Gasteiger partial charge in [0.2, 0.25) is 10.0 Å². The minimum Gasteiger partial charge on any atom is -0.392 e. The summed E-state index contributed by atoms with van der Waals surface area (Å²) in [5, 5.41) is 9.96. The van der Waals surface area contributed by atoms with Crippen LogP contribution in [0.25, 0.3) is 0 Å². The number of hydrogen-bond donors (Lipinski definition) is 2. The number of benzene rings is 1. The summed E-state index contributed by atoms with van der Waals surface area (Å²) in [5.74, 6) is -0.0434. The van der Waals surface area contributed by atoms with Crippen molar-refractivity contribution >= 4 is 10.0 Å². The van der Waals surface area contributed by atoms with Crippen molar-refractivity contribution < 1.29 is 13.5 Å². The third kappa shape index (κ3) is 4.60. The third-order valence-corrected chi connectivity index (χ3v) is 5.04. The van der Waals surface area contributed by atoms with E-state index in [0.29, 0.717) is 0 Å². The monoisotopic (exact) mass is 283 g/mol. The van der Waals surface area contributed by atoms with Crippen LogP contribution in [0.4, 0.5) is 0 Å². The first-order chi connectivity index (χ1) is 9.07. The molecule has 0 spiro atoms. The van der Waals surface area contributed by atoms with Crippen molar-refractivity contribution in [1.82, 2.24) is 4.72 Å². The molecule has 0 amide bonds. The Hall–Kier alpha value is -0.910. The lowest BCUT2D eigenvalue weighted by molar-refractivity contribution is 0.131. The second kappa shape index (κ2) is 6.50. The van der Waals surface area contributed by atoms with Gasteiger partial charge in [0, 0.05) is 6.54 Å². The van der Waals surface area contributed by atoms with Crippen LogP contribution in [0.5, 0.6) is 0 Å². The first kappa shape index (κ1) is 14.5. The summed E-state index contributed by atoms with van der Waals surface area (Å²) >= 11 is 0. The van der Waals surface area contributed by atoms with E-state index in [2.05, 4.69) is 4.72 Å². The Balaban J connectivity index is 1.84. The maximum Gasteiger partial charge on any atom is 0.214 e. The quantitative estimate of drug-likeness (QED) is 0.834. The fourth-order valence-electron chi connectivity index (χ4n) is 2.55. The van der Waals surface area contributed by atoms with Crippen LogP contribution in [-0.2, 0) is 16.6 Å². The van der Waals surface area contributed by atoms with E-state index in [1.165, 1.54) is 0 Å². The van der Waals surface area contributed by atoms with Crippen molar-refractivity contribution in [3.8, 4) is 0 Å². The van der Waals surface area contributed by atoms with Crippen molar-refractivity contribution in [2.24, 2.45) is 5.92 Å². The molecule has 1 atom stereocenters. The highest BCUT2D eigenvalue weighted by Gasteiger charge is 2.27. The van der Waals surface area contributed by atoms with Crippen LogP contribution in [-0.4, -0.2) is 25.4 Å². The van der Waals surface area contributed by atoms with Gasteiger partial charge < -0.3 is 5.11 Å². The molecule has 1 aromatic carbocycles. The van der Waals surface area contributed by atoms with Gasteiger partial charge in [-0.2, -0.15) is 0 Å². The highest BCUT2D eigenvalue weighted by molar-refractivity contribution is 7.89. The molecule has 1 aliphatic carbocycles. The number of sulfonamides is 1. The molecule has 4 nitrogen and oxygen atoms in total. The average molecular weight is 283 g/mol. The summed E-state index contributed by atoms with van der Waals surface area (Å²) in [6.45, 7) is 0.278. The minimum absolute atomic E-state index is 0.147. The van der Waals surface area contributed by atoms with Crippen LogP contribution in [0.2, 0.25) is 0 Å². The molecule has 1 fully saturated rings. The number of aliphatic hydroxyl groups is 1. The lowest BCUT2D eigenvalue weighted by Gasteiger charge is -2.17. The molecule has 2 N–H and O–H groups in total. The van der Waals surface area contributed by atoms with E-state index in [4.69, 9.17) is 0 Å². The molecule has 0 aliphatic heterocycles. The normalized spacial score (nSPS) is 18.6. The van der Waals surface area contributed by atoms with Gasteiger partial charge in [0.1, 0.15) is 0 Å². The SMILES string of the molecule is O=S(=O)(C[C@@H](O)C1CCCC1)NCc1ccccc1. The molecule has 0 unspecified atom stereocenters. The Labute approximate surface area is 114 Å². The molecule has 1 aliphatic rings. The number of aliphatic hydroxyl groups excluding tert-OH is 1. The lowest BCUT2D eigenvalue weighted by atomic mass is 10.0. The number of nitrogens with one attached hydrogen (secondary N) is 1. The van der Waals surface area contributed by atoms with E-state index >= 15 is 0 Å². The topological polar surface area (TPSA) is 66.4 Å². The maximum absolute atomic E-state index is 11.9.